The summed E-state index contributed by atoms with van der Waals surface area (Å²) in [5, 5.41) is 10.6. The molecule has 18 heavy (non-hydrogen) atoms. The van der Waals surface area contributed by atoms with Crippen LogP contribution in [0.5, 0.6) is 11.5 Å². The summed E-state index contributed by atoms with van der Waals surface area (Å²) in [6, 6.07) is 3.51. The number of aliphatic hydroxyl groups excluding tert-OH is 1. The Morgan fingerprint density at radius 1 is 1.22 bits per heavy atom. The van der Waals surface area contributed by atoms with Gasteiger partial charge in [-0.1, -0.05) is 37.8 Å². The molecule has 1 N–H and O–H groups in total. The molecule has 0 saturated heterocycles. The maximum atomic E-state index is 10.1. The van der Waals surface area contributed by atoms with Crippen LogP contribution in [-0.2, 0) is 0 Å². The van der Waals surface area contributed by atoms with Crippen molar-refractivity contribution in [3.63, 3.8) is 0 Å². The largest absolute Gasteiger partial charge is 0.493 e. The van der Waals surface area contributed by atoms with Crippen molar-refractivity contribution < 1.29 is 14.6 Å². The molecule has 0 aliphatic carbocycles. The van der Waals surface area contributed by atoms with Gasteiger partial charge < -0.3 is 14.6 Å². The first-order chi connectivity index (χ1) is 8.63. The molecule has 1 rings (SSSR count). The molecule has 0 saturated carbocycles. The number of hydrogen-bond donors (Lipinski definition) is 1. The van der Waals surface area contributed by atoms with Gasteiger partial charge in [0.25, 0.3) is 0 Å². The van der Waals surface area contributed by atoms with E-state index in [9.17, 15) is 5.11 Å². The molecule has 0 aliphatic rings. The Hall–Kier alpha value is -0.930. The van der Waals surface area contributed by atoms with Crippen LogP contribution in [0.2, 0.25) is 5.02 Å². The number of methoxy groups -OCH3 is 2. The molecule has 1 unspecified atom stereocenters. The molecule has 0 aromatic heterocycles. The number of aliphatic hydroxyl groups is 1. The molecule has 3 nitrogen and oxygen atoms in total. The van der Waals surface area contributed by atoms with Crippen LogP contribution in [0, 0.1) is 0 Å². The molecule has 0 amide bonds. The van der Waals surface area contributed by atoms with Gasteiger partial charge in [0.05, 0.1) is 25.3 Å². The van der Waals surface area contributed by atoms with Crippen molar-refractivity contribution in [2.45, 2.75) is 38.7 Å². The zero-order valence-corrected chi connectivity index (χ0v) is 12.0. The highest BCUT2D eigenvalue weighted by Crippen LogP contribution is 2.38. The van der Waals surface area contributed by atoms with E-state index in [-0.39, 0.29) is 0 Å². The molecule has 0 radical (unpaired) electrons. The summed E-state index contributed by atoms with van der Waals surface area (Å²) in [6.45, 7) is 2.14. The standard InChI is InChI=1S/C14H21ClO3/c1-4-5-6-7-12(16)10-8-11(15)14(18-3)13(9-10)17-2/h8-9,12,16H,4-7H2,1-3H3. The fourth-order valence-electron chi connectivity index (χ4n) is 1.88. The summed E-state index contributed by atoms with van der Waals surface area (Å²) in [5.74, 6) is 1.05. The molecule has 0 bridgehead atoms. The molecule has 1 atom stereocenters. The lowest BCUT2D eigenvalue weighted by molar-refractivity contribution is 0.163. The summed E-state index contributed by atoms with van der Waals surface area (Å²) < 4.78 is 10.4. The van der Waals surface area contributed by atoms with Gasteiger partial charge in [0.2, 0.25) is 0 Å². The Balaban J connectivity index is 2.86. The minimum absolute atomic E-state index is 0.460. The number of unbranched alkanes of at least 4 members (excludes halogenated alkanes) is 2. The van der Waals surface area contributed by atoms with Crippen molar-refractivity contribution in [3.05, 3.63) is 22.7 Å². The second-order valence-electron chi connectivity index (χ2n) is 4.25. The average Bonchev–Trinajstić information content (AvgIpc) is 2.37. The van der Waals surface area contributed by atoms with Gasteiger partial charge >= 0.3 is 0 Å². The van der Waals surface area contributed by atoms with Crippen LogP contribution in [0.25, 0.3) is 0 Å². The van der Waals surface area contributed by atoms with E-state index in [4.69, 9.17) is 21.1 Å². The van der Waals surface area contributed by atoms with Crippen LogP contribution in [0.4, 0.5) is 0 Å². The fourth-order valence-corrected chi connectivity index (χ4v) is 2.18. The summed E-state index contributed by atoms with van der Waals surface area (Å²) in [4.78, 5) is 0. The van der Waals surface area contributed by atoms with Crippen LogP contribution < -0.4 is 9.47 Å². The zero-order valence-electron chi connectivity index (χ0n) is 11.2. The first-order valence-electron chi connectivity index (χ1n) is 6.23. The third kappa shape index (κ3) is 3.79. The summed E-state index contributed by atoms with van der Waals surface area (Å²) in [5.41, 5.74) is 0.772. The number of ether oxygens (including phenoxy) is 2. The lowest BCUT2D eigenvalue weighted by atomic mass is 10.0. The SMILES string of the molecule is CCCCCC(O)c1cc(Cl)c(OC)c(OC)c1. The number of rotatable bonds is 7. The average molecular weight is 273 g/mol. The topological polar surface area (TPSA) is 38.7 Å². The van der Waals surface area contributed by atoms with Crippen LogP contribution in [0.3, 0.4) is 0 Å². The maximum Gasteiger partial charge on any atom is 0.179 e. The quantitative estimate of drug-likeness (QED) is 0.763. The van der Waals surface area contributed by atoms with E-state index in [1.165, 1.54) is 0 Å². The van der Waals surface area contributed by atoms with Crippen LogP contribution in [0.1, 0.15) is 44.3 Å². The molecular formula is C14H21ClO3. The summed E-state index contributed by atoms with van der Waals surface area (Å²) in [6.07, 6.45) is 3.50. The van der Waals surface area contributed by atoms with Crippen LogP contribution in [-0.4, -0.2) is 19.3 Å². The highest BCUT2D eigenvalue weighted by molar-refractivity contribution is 6.32. The zero-order chi connectivity index (χ0) is 13.5. The van der Waals surface area contributed by atoms with Gasteiger partial charge in [0.15, 0.2) is 11.5 Å². The number of hydrogen-bond acceptors (Lipinski definition) is 3. The van der Waals surface area contributed by atoms with E-state index in [2.05, 4.69) is 6.92 Å². The minimum Gasteiger partial charge on any atom is -0.493 e. The Labute approximate surface area is 114 Å². The Morgan fingerprint density at radius 3 is 2.50 bits per heavy atom. The lowest BCUT2D eigenvalue weighted by Gasteiger charge is -2.15. The van der Waals surface area contributed by atoms with E-state index in [0.29, 0.717) is 16.5 Å². The van der Waals surface area contributed by atoms with Gasteiger partial charge in [0.1, 0.15) is 0 Å². The minimum atomic E-state index is -0.506. The Morgan fingerprint density at radius 2 is 1.94 bits per heavy atom. The number of halogens is 1. The maximum absolute atomic E-state index is 10.1. The molecular weight excluding hydrogens is 252 g/mol. The lowest BCUT2D eigenvalue weighted by Crippen LogP contribution is -2.00. The van der Waals surface area contributed by atoms with Gasteiger partial charge in [0, 0.05) is 0 Å². The first-order valence-corrected chi connectivity index (χ1v) is 6.61. The Bertz CT molecular complexity index is 380. The van der Waals surface area contributed by atoms with E-state index in [1.807, 2.05) is 0 Å². The van der Waals surface area contributed by atoms with Gasteiger partial charge in [-0.25, -0.2) is 0 Å². The van der Waals surface area contributed by atoms with Gasteiger partial charge in [-0.3, -0.25) is 0 Å². The van der Waals surface area contributed by atoms with Crippen molar-refractivity contribution in [2.75, 3.05) is 14.2 Å². The molecule has 0 spiro atoms. The molecule has 0 heterocycles. The monoisotopic (exact) mass is 272 g/mol. The van der Waals surface area contributed by atoms with Gasteiger partial charge in [-0.15, -0.1) is 0 Å². The Kier molecular flexibility index (Phi) is 6.30. The molecule has 1 aromatic carbocycles. The van der Waals surface area contributed by atoms with Crippen molar-refractivity contribution >= 4 is 11.6 Å². The molecule has 4 heteroatoms. The fraction of sp³-hybridized carbons (Fsp3) is 0.571. The number of benzene rings is 1. The highest BCUT2D eigenvalue weighted by atomic mass is 35.5. The third-order valence-electron chi connectivity index (χ3n) is 2.92. The van der Waals surface area contributed by atoms with Crippen LogP contribution in [0.15, 0.2) is 12.1 Å². The highest BCUT2D eigenvalue weighted by Gasteiger charge is 2.15. The van der Waals surface area contributed by atoms with E-state index < -0.39 is 6.10 Å². The van der Waals surface area contributed by atoms with E-state index in [0.717, 1.165) is 31.2 Å². The predicted molar refractivity (Wildman–Crippen MR) is 73.7 cm³/mol. The smallest absolute Gasteiger partial charge is 0.179 e. The van der Waals surface area contributed by atoms with Crippen molar-refractivity contribution in [3.8, 4) is 11.5 Å². The van der Waals surface area contributed by atoms with Crippen molar-refractivity contribution in [2.24, 2.45) is 0 Å². The van der Waals surface area contributed by atoms with Crippen LogP contribution >= 0.6 is 11.6 Å². The normalized spacial score (nSPS) is 12.3. The second-order valence-corrected chi connectivity index (χ2v) is 4.66. The van der Waals surface area contributed by atoms with E-state index in [1.54, 1.807) is 26.4 Å². The summed E-state index contributed by atoms with van der Waals surface area (Å²) >= 11 is 6.10. The summed E-state index contributed by atoms with van der Waals surface area (Å²) in [7, 11) is 3.10. The predicted octanol–water partition coefficient (Wildman–Crippen LogP) is 3.97. The van der Waals surface area contributed by atoms with Gasteiger partial charge in [-0.05, 0) is 24.1 Å². The molecule has 0 aliphatic heterocycles. The molecule has 102 valence electrons. The molecule has 0 fully saturated rings. The molecule has 1 aromatic rings. The van der Waals surface area contributed by atoms with E-state index >= 15 is 0 Å². The van der Waals surface area contributed by atoms with Crippen molar-refractivity contribution in [1.29, 1.82) is 0 Å². The van der Waals surface area contributed by atoms with Gasteiger partial charge in [-0.2, -0.15) is 0 Å². The van der Waals surface area contributed by atoms with Crippen molar-refractivity contribution in [1.82, 2.24) is 0 Å². The first kappa shape index (κ1) is 15.1. The second kappa shape index (κ2) is 7.49. The third-order valence-corrected chi connectivity index (χ3v) is 3.20.